The molecule has 0 atom stereocenters. The fourth-order valence-corrected chi connectivity index (χ4v) is 1.33. The standard InChI is InChI=1S/C15H15N3O5/c1-2-7-17-15(21)18-13(19)9-23-14(20)10-22-12-5-3-11(8-16)4-6-12/h2-6H,1,7,9-10H2,(H2,17,18,19,21). The van der Waals surface area contributed by atoms with Crippen LogP contribution in [-0.4, -0.2) is 37.7 Å². The normalized spacial score (nSPS) is 9.17. The first kappa shape index (κ1) is 17.7. The van der Waals surface area contributed by atoms with Gasteiger partial charge in [0, 0.05) is 6.54 Å². The zero-order chi connectivity index (χ0) is 17.1. The number of hydrogen-bond acceptors (Lipinski definition) is 6. The predicted octanol–water partition coefficient (Wildman–Crippen LogP) is 0.492. The van der Waals surface area contributed by atoms with Crippen molar-refractivity contribution in [2.45, 2.75) is 0 Å². The number of carbonyl (C=O) groups is 3. The molecule has 0 aromatic heterocycles. The average Bonchev–Trinajstić information content (AvgIpc) is 2.56. The Balaban J connectivity index is 2.25. The molecule has 120 valence electrons. The first-order valence-corrected chi connectivity index (χ1v) is 6.52. The van der Waals surface area contributed by atoms with Gasteiger partial charge in [-0.1, -0.05) is 6.08 Å². The Morgan fingerprint density at radius 3 is 2.52 bits per heavy atom. The molecule has 2 N–H and O–H groups in total. The van der Waals surface area contributed by atoms with Gasteiger partial charge in [0.25, 0.3) is 5.91 Å². The van der Waals surface area contributed by atoms with Crippen LogP contribution in [0.15, 0.2) is 36.9 Å². The molecule has 3 amide bonds. The highest BCUT2D eigenvalue weighted by Gasteiger charge is 2.11. The number of imide groups is 1. The SMILES string of the molecule is C=CCNC(=O)NC(=O)COC(=O)COc1ccc(C#N)cc1. The minimum absolute atomic E-state index is 0.206. The molecule has 1 aromatic rings. The lowest BCUT2D eigenvalue weighted by Crippen LogP contribution is -2.41. The summed E-state index contributed by atoms with van der Waals surface area (Å²) >= 11 is 0. The number of hydrogen-bond donors (Lipinski definition) is 2. The minimum atomic E-state index is -0.768. The number of amides is 3. The molecule has 0 fully saturated rings. The van der Waals surface area contributed by atoms with Gasteiger partial charge in [-0.05, 0) is 24.3 Å². The maximum absolute atomic E-state index is 11.4. The molecule has 0 spiro atoms. The van der Waals surface area contributed by atoms with Gasteiger partial charge in [-0.25, -0.2) is 9.59 Å². The number of nitriles is 1. The fraction of sp³-hybridized carbons (Fsp3) is 0.200. The molecule has 0 unspecified atom stereocenters. The van der Waals surface area contributed by atoms with Crippen molar-refractivity contribution >= 4 is 17.9 Å². The van der Waals surface area contributed by atoms with Crippen molar-refractivity contribution in [3.8, 4) is 11.8 Å². The number of esters is 1. The molecule has 0 aliphatic heterocycles. The van der Waals surface area contributed by atoms with E-state index in [9.17, 15) is 14.4 Å². The van der Waals surface area contributed by atoms with E-state index in [0.717, 1.165) is 0 Å². The second-order valence-electron chi connectivity index (χ2n) is 4.13. The van der Waals surface area contributed by atoms with Gasteiger partial charge in [-0.3, -0.25) is 10.1 Å². The van der Waals surface area contributed by atoms with Crippen molar-refractivity contribution in [1.29, 1.82) is 5.26 Å². The van der Waals surface area contributed by atoms with E-state index in [-0.39, 0.29) is 6.54 Å². The molecule has 0 saturated heterocycles. The van der Waals surface area contributed by atoms with E-state index < -0.39 is 31.1 Å². The Labute approximate surface area is 132 Å². The van der Waals surface area contributed by atoms with Gasteiger partial charge >= 0.3 is 12.0 Å². The maximum atomic E-state index is 11.4. The summed E-state index contributed by atoms with van der Waals surface area (Å²) in [4.78, 5) is 33.9. The van der Waals surface area contributed by atoms with Crippen molar-refractivity contribution in [2.75, 3.05) is 19.8 Å². The van der Waals surface area contributed by atoms with Crippen LogP contribution in [0, 0.1) is 11.3 Å². The van der Waals surface area contributed by atoms with Gasteiger partial charge < -0.3 is 14.8 Å². The quantitative estimate of drug-likeness (QED) is 0.558. The van der Waals surface area contributed by atoms with E-state index in [0.29, 0.717) is 11.3 Å². The molecule has 0 aliphatic rings. The van der Waals surface area contributed by atoms with Crippen LogP contribution in [0.2, 0.25) is 0 Å². The van der Waals surface area contributed by atoms with E-state index >= 15 is 0 Å². The molecule has 8 nitrogen and oxygen atoms in total. The average molecular weight is 317 g/mol. The Morgan fingerprint density at radius 1 is 1.22 bits per heavy atom. The molecule has 0 heterocycles. The Morgan fingerprint density at radius 2 is 1.91 bits per heavy atom. The Hall–Kier alpha value is -3.34. The summed E-state index contributed by atoms with van der Waals surface area (Å²) in [5, 5.41) is 12.9. The van der Waals surface area contributed by atoms with Gasteiger partial charge in [0.2, 0.25) is 0 Å². The smallest absolute Gasteiger partial charge is 0.344 e. The first-order chi connectivity index (χ1) is 11.0. The lowest BCUT2D eigenvalue weighted by Gasteiger charge is -2.07. The van der Waals surface area contributed by atoms with Crippen LogP contribution in [0.1, 0.15) is 5.56 Å². The van der Waals surface area contributed by atoms with Gasteiger partial charge in [0.15, 0.2) is 13.2 Å². The van der Waals surface area contributed by atoms with E-state index in [4.69, 9.17) is 10.00 Å². The third-order valence-corrected chi connectivity index (χ3v) is 2.36. The lowest BCUT2D eigenvalue weighted by molar-refractivity contribution is -0.150. The van der Waals surface area contributed by atoms with E-state index in [2.05, 4.69) is 16.6 Å². The third kappa shape index (κ3) is 7.29. The van der Waals surface area contributed by atoms with E-state index in [1.165, 1.54) is 30.3 Å². The highest BCUT2D eigenvalue weighted by atomic mass is 16.6. The molecular formula is C15H15N3O5. The minimum Gasteiger partial charge on any atom is -0.482 e. The number of rotatable bonds is 7. The largest absolute Gasteiger partial charge is 0.482 e. The van der Waals surface area contributed by atoms with Crippen LogP contribution in [0.25, 0.3) is 0 Å². The third-order valence-electron chi connectivity index (χ3n) is 2.36. The van der Waals surface area contributed by atoms with Crippen LogP contribution in [0.5, 0.6) is 5.75 Å². The highest BCUT2D eigenvalue weighted by molar-refractivity contribution is 5.95. The number of carbonyl (C=O) groups excluding carboxylic acids is 3. The molecule has 1 rings (SSSR count). The van der Waals surface area contributed by atoms with E-state index in [1.54, 1.807) is 0 Å². The van der Waals surface area contributed by atoms with Gasteiger partial charge in [0.05, 0.1) is 11.6 Å². The van der Waals surface area contributed by atoms with Gasteiger partial charge in [-0.2, -0.15) is 5.26 Å². The maximum Gasteiger partial charge on any atom is 0.344 e. The van der Waals surface area contributed by atoms with E-state index in [1.807, 2.05) is 11.4 Å². The molecule has 0 radical (unpaired) electrons. The molecule has 0 aliphatic carbocycles. The van der Waals surface area contributed by atoms with Crippen molar-refractivity contribution in [3.63, 3.8) is 0 Å². The second-order valence-corrected chi connectivity index (χ2v) is 4.13. The summed E-state index contributed by atoms with van der Waals surface area (Å²) in [5.74, 6) is -1.15. The highest BCUT2D eigenvalue weighted by Crippen LogP contribution is 2.11. The molecule has 23 heavy (non-hydrogen) atoms. The summed E-state index contributed by atoms with van der Waals surface area (Å²) < 4.78 is 9.78. The lowest BCUT2D eigenvalue weighted by atomic mass is 10.2. The first-order valence-electron chi connectivity index (χ1n) is 6.52. The van der Waals surface area contributed by atoms with Gasteiger partial charge in [-0.15, -0.1) is 6.58 Å². The van der Waals surface area contributed by atoms with Crippen molar-refractivity contribution in [1.82, 2.24) is 10.6 Å². The molecule has 0 saturated carbocycles. The monoisotopic (exact) mass is 317 g/mol. The van der Waals surface area contributed by atoms with Crippen LogP contribution in [-0.2, 0) is 14.3 Å². The Bertz CT molecular complexity index is 619. The summed E-state index contributed by atoms with van der Waals surface area (Å²) in [6.45, 7) is 2.60. The van der Waals surface area contributed by atoms with Crippen molar-refractivity contribution in [3.05, 3.63) is 42.5 Å². The topological polar surface area (TPSA) is 118 Å². The zero-order valence-electron chi connectivity index (χ0n) is 12.2. The predicted molar refractivity (Wildman–Crippen MR) is 79.3 cm³/mol. The summed E-state index contributed by atoms with van der Waals surface area (Å²) in [7, 11) is 0. The van der Waals surface area contributed by atoms with Crippen LogP contribution < -0.4 is 15.4 Å². The number of urea groups is 1. The number of nitrogens with zero attached hydrogens (tertiary/aromatic N) is 1. The molecular weight excluding hydrogens is 302 g/mol. The second kappa shape index (κ2) is 9.57. The summed E-state index contributed by atoms with van der Waals surface area (Å²) in [6.07, 6.45) is 1.45. The summed E-state index contributed by atoms with van der Waals surface area (Å²) in [6, 6.07) is 7.38. The fourth-order valence-electron chi connectivity index (χ4n) is 1.33. The number of benzene rings is 1. The molecule has 8 heteroatoms. The molecule has 1 aromatic carbocycles. The van der Waals surface area contributed by atoms with Gasteiger partial charge in [0.1, 0.15) is 5.75 Å². The summed E-state index contributed by atoms with van der Waals surface area (Å²) in [5.41, 5.74) is 0.464. The van der Waals surface area contributed by atoms with Crippen LogP contribution in [0.4, 0.5) is 4.79 Å². The van der Waals surface area contributed by atoms with Crippen molar-refractivity contribution in [2.24, 2.45) is 0 Å². The zero-order valence-corrected chi connectivity index (χ0v) is 12.2. The van der Waals surface area contributed by atoms with Crippen molar-refractivity contribution < 1.29 is 23.9 Å². The number of nitrogens with one attached hydrogen (secondary N) is 2. The van der Waals surface area contributed by atoms with Crippen LogP contribution >= 0.6 is 0 Å². The van der Waals surface area contributed by atoms with Crippen LogP contribution in [0.3, 0.4) is 0 Å². The Kier molecular flexibility index (Phi) is 7.37. The molecule has 0 bridgehead atoms. The number of ether oxygens (including phenoxy) is 2.